The third-order valence-corrected chi connectivity index (χ3v) is 5.93. The van der Waals surface area contributed by atoms with Crippen LogP contribution in [-0.2, 0) is 12.3 Å². The van der Waals surface area contributed by atoms with Crippen molar-refractivity contribution in [2.45, 2.75) is 37.2 Å². The predicted octanol–water partition coefficient (Wildman–Crippen LogP) is 3.80. The molecular weight excluding hydrogens is 384 g/mol. The van der Waals surface area contributed by atoms with Gasteiger partial charge in [0.15, 0.2) is 5.16 Å². The molecule has 3 rings (SSSR count). The highest BCUT2D eigenvalue weighted by Crippen LogP contribution is 2.35. The number of unbranched alkanes of at least 4 members (excludes halogenated alkanes) is 1. The third kappa shape index (κ3) is 4.54. The van der Waals surface area contributed by atoms with Crippen molar-refractivity contribution >= 4 is 23.1 Å². The topological polar surface area (TPSA) is 82.0 Å². The van der Waals surface area contributed by atoms with Crippen LogP contribution < -0.4 is 15.2 Å². The van der Waals surface area contributed by atoms with Gasteiger partial charge in [-0.3, -0.25) is 4.57 Å². The van der Waals surface area contributed by atoms with E-state index in [0.717, 1.165) is 40.6 Å². The van der Waals surface area contributed by atoms with Crippen molar-refractivity contribution in [1.29, 1.82) is 0 Å². The van der Waals surface area contributed by atoms with E-state index in [0.29, 0.717) is 17.5 Å². The van der Waals surface area contributed by atoms with Crippen LogP contribution in [0.2, 0.25) is 0 Å². The monoisotopic (exact) mass is 406 g/mol. The van der Waals surface area contributed by atoms with Crippen molar-refractivity contribution < 1.29 is 9.47 Å². The van der Waals surface area contributed by atoms with E-state index in [1.54, 1.807) is 30.1 Å². The highest BCUT2D eigenvalue weighted by atomic mass is 32.2. The first-order valence-corrected chi connectivity index (χ1v) is 10.5. The number of rotatable bonds is 9. The van der Waals surface area contributed by atoms with E-state index in [9.17, 15) is 4.79 Å². The zero-order valence-electron chi connectivity index (χ0n) is 15.5. The molecule has 7 nitrogen and oxygen atoms in total. The normalized spacial score (nSPS) is 10.9. The molecule has 0 saturated heterocycles. The van der Waals surface area contributed by atoms with E-state index in [-0.39, 0.29) is 5.69 Å². The molecule has 0 amide bonds. The summed E-state index contributed by atoms with van der Waals surface area (Å²) in [6.07, 6.45) is 1.98. The van der Waals surface area contributed by atoms with Crippen molar-refractivity contribution in [3.8, 4) is 22.1 Å². The highest BCUT2D eigenvalue weighted by molar-refractivity contribution is 7.98. The van der Waals surface area contributed by atoms with E-state index in [1.165, 1.54) is 11.8 Å². The summed E-state index contributed by atoms with van der Waals surface area (Å²) in [5.41, 5.74) is 1.71. The standard InChI is InChI=1S/C18H22N4O3S2/c1-4-5-8-22-17(23)20-21-18(22)27-11-12-10-26-16(19-12)14-7-6-13(24-2)9-15(14)25-3/h6-7,9-10H,4-5,8,11H2,1-3H3,(H,20,23). The van der Waals surface area contributed by atoms with Crippen LogP contribution in [0.5, 0.6) is 11.5 Å². The highest BCUT2D eigenvalue weighted by Gasteiger charge is 2.13. The number of aromatic amines is 1. The first-order chi connectivity index (χ1) is 13.2. The SMILES string of the molecule is CCCCn1c(SCc2csc(-c3ccc(OC)cc3OC)n2)n[nH]c1=O. The van der Waals surface area contributed by atoms with Crippen LogP contribution in [0.25, 0.3) is 10.6 Å². The van der Waals surface area contributed by atoms with Crippen LogP contribution in [0.15, 0.2) is 33.5 Å². The third-order valence-electron chi connectivity index (χ3n) is 4.00. The fourth-order valence-electron chi connectivity index (χ4n) is 2.54. The van der Waals surface area contributed by atoms with Gasteiger partial charge >= 0.3 is 5.69 Å². The fourth-order valence-corrected chi connectivity index (χ4v) is 4.36. The molecule has 0 fully saturated rings. The molecule has 0 unspecified atom stereocenters. The number of thiazole rings is 1. The first-order valence-electron chi connectivity index (χ1n) is 8.61. The Morgan fingerprint density at radius 1 is 1.30 bits per heavy atom. The van der Waals surface area contributed by atoms with Crippen LogP contribution in [0.4, 0.5) is 0 Å². The van der Waals surface area contributed by atoms with E-state index < -0.39 is 0 Å². The minimum absolute atomic E-state index is 0.159. The molecule has 0 bridgehead atoms. The van der Waals surface area contributed by atoms with Gasteiger partial charge in [-0.2, -0.15) is 0 Å². The van der Waals surface area contributed by atoms with Gasteiger partial charge in [-0.25, -0.2) is 14.9 Å². The summed E-state index contributed by atoms with van der Waals surface area (Å²) in [4.78, 5) is 16.6. The van der Waals surface area contributed by atoms with Crippen LogP contribution in [0.3, 0.4) is 0 Å². The van der Waals surface area contributed by atoms with Crippen LogP contribution in [-0.4, -0.2) is 34.0 Å². The summed E-state index contributed by atoms with van der Waals surface area (Å²) in [6, 6.07) is 5.69. The van der Waals surface area contributed by atoms with Crippen LogP contribution in [0, 0.1) is 0 Å². The summed E-state index contributed by atoms with van der Waals surface area (Å²) in [7, 11) is 3.26. The molecule has 0 radical (unpaired) electrons. The quantitative estimate of drug-likeness (QED) is 0.544. The second-order valence-corrected chi connectivity index (χ2v) is 7.62. The fraction of sp³-hybridized carbons (Fsp3) is 0.389. The summed E-state index contributed by atoms with van der Waals surface area (Å²) in [5, 5.41) is 10.3. The van der Waals surface area contributed by atoms with E-state index in [2.05, 4.69) is 17.1 Å². The lowest BCUT2D eigenvalue weighted by Crippen LogP contribution is -2.17. The van der Waals surface area contributed by atoms with E-state index in [1.807, 2.05) is 23.6 Å². The van der Waals surface area contributed by atoms with E-state index in [4.69, 9.17) is 14.5 Å². The average molecular weight is 407 g/mol. The first kappa shape index (κ1) is 19.5. The zero-order valence-corrected chi connectivity index (χ0v) is 17.2. The Bertz CT molecular complexity index is 948. The molecule has 0 aliphatic carbocycles. The Hall–Kier alpha value is -2.26. The van der Waals surface area contributed by atoms with Crippen LogP contribution in [0.1, 0.15) is 25.5 Å². The van der Waals surface area contributed by atoms with Crippen molar-refractivity contribution in [2.75, 3.05) is 14.2 Å². The molecule has 0 saturated carbocycles. The number of H-pyrrole nitrogens is 1. The molecule has 1 aromatic carbocycles. The van der Waals surface area contributed by atoms with Gasteiger partial charge in [0.2, 0.25) is 0 Å². The molecule has 2 aromatic heterocycles. The maximum atomic E-state index is 11.9. The number of benzene rings is 1. The maximum absolute atomic E-state index is 11.9. The van der Waals surface area contributed by atoms with E-state index >= 15 is 0 Å². The molecule has 0 aliphatic heterocycles. The lowest BCUT2D eigenvalue weighted by molar-refractivity contribution is 0.395. The largest absolute Gasteiger partial charge is 0.497 e. The van der Waals surface area contributed by atoms with Gasteiger partial charge in [0.05, 0.1) is 25.5 Å². The molecule has 0 spiro atoms. The summed E-state index contributed by atoms with van der Waals surface area (Å²) < 4.78 is 12.4. The number of methoxy groups -OCH3 is 2. The number of nitrogens with zero attached hydrogens (tertiary/aromatic N) is 3. The number of ether oxygens (including phenoxy) is 2. The average Bonchev–Trinajstić information content (AvgIpc) is 3.30. The Balaban J connectivity index is 1.73. The number of nitrogens with one attached hydrogen (secondary N) is 1. The lowest BCUT2D eigenvalue weighted by Gasteiger charge is -2.08. The van der Waals surface area contributed by atoms with Gasteiger partial charge in [-0.1, -0.05) is 25.1 Å². The molecule has 9 heteroatoms. The van der Waals surface area contributed by atoms with Gasteiger partial charge < -0.3 is 9.47 Å². The molecule has 1 N–H and O–H groups in total. The minimum atomic E-state index is -0.159. The smallest absolute Gasteiger partial charge is 0.343 e. The van der Waals surface area contributed by atoms with Crippen molar-refractivity contribution in [3.05, 3.63) is 39.8 Å². The Morgan fingerprint density at radius 2 is 2.15 bits per heavy atom. The Kier molecular flexibility index (Phi) is 6.57. The lowest BCUT2D eigenvalue weighted by atomic mass is 10.2. The second-order valence-electron chi connectivity index (χ2n) is 5.82. The van der Waals surface area contributed by atoms with Gasteiger partial charge in [-0.15, -0.1) is 16.4 Å². The number of hydrogen-bond acceptors (Lipinski definition) is 7. The summed E-state index contributed by atoms with van der Waals surface area (Å²) >= 11 is 3.07. The summed E-state index contributed by atoms with van der Waals surface area (Å²) in [6.45, 7) is 2.78. The van der Waals surface area contributed by atoms with Crippen molar-refractivity contribution in [2.24, 2.45) is 0 Å². The molecule has 0 atom stereocenters. The molecular formula is C18H22N4O3S2. The molecule has 27 heavy (non-hydrogen) atoms. The van der Waals surface area contributed by atoms with Crippen LogP contribution >= 0.6 is 23.1 Å². The van der Waals surface area contributed by atoms with Crippen molar-refractivity contribution in [3.63, 3.8) is 0 Å². The predicted molar refractivity (Wildman–Crippen MR) is 108 cm³/mol. The Labute approximate surface area is 165 Å². The molecule has 2 heterocycles. The van der Waals surface area contributed by atoms with Gasteiger partial charge in [-0.05, 0) is 18.6 Å². The maximum Gasteiger partial charge on any atom is 0.343 e. The van der Waals surface area contributed by atoms with Gasteiger partial charge in [0.25, 0.3) is 0 Å². The second kappa shape index (κ2) is 9.09. The number of aromatic nitrogens is 4. The zero-order chi connectivity index (χ0) is 19.2. The minimum Gasteiger partial charge on any atom is -0.497 e. The van der Waals surface area contributed by atoms with Crippen molar-refractivity contribution in [1.82, 2.24) is 19.7 Å². The molecule has 144 valence electrons. The van der Waals surface area contributed by atoms with Gasteiger partial charge in [0.1, 0.15) is 16.5 Å². The summed E-state index contributed by atoms with van der Waals surface area (Å²) in [5.74, 6) is 2.11. The number of hydrogen-bond donors (Lipinski definition) is 1. The molecule has 3 aromatic rings. The van der Waals surface area contributed by atoms with Gasteiger partial charge in [0, 0.05) is 23.7 Å². The Morgan fingerprint density at radius 3 is 2.89 bits per heavy atom. The molecule has 0 aliphatic rings. The number of thioether (sulfide) groups is 1.